The summed E-state index contributed by atoms with van der Waals surface area (Å²) in [6.07, 6.45) is 7.10. The topological polar surface area (TPSA) is 74.6 Å². The fourth-order valence-corrected chi connectivity index (χ4v) is 7.46. The molecule has 7 nitrogen and oxygen atoms in total. The van der Waals surface area contributed by atoms with Gasteiger partial charge in [-0.1, -0.05) is 66.0 Å². The highest BCUT2D eigenvalue weighted by Crippen LogP contribution is 2.52. The van der Waals surface area contributed by atoms with Crippen LogP contribution in [-0.2, 0) is 0 Å². The molecule has 0 bridgehead atoms. The number of ether oxygens (including phenoxy) is 1. The van der Waals surface area contributed by atoms with Crippen molar-refractivity contribution in [2.75, 3.05) is 16.9 Å². The van der Waals surface area contributed by atoms with Crippen molar-refractivity contribution in [1.82, 2.24) is 15.0 Å². The summed E-state index contributed by atoms with van der Waals surface area (Å²) in [4.78, 5) is 21.8. The van der Waals surface area contributed by atoms with Gasteiger partial charge in [-0.05, 0) is 84.9 Å². The van der Waals surface area contributed by atoms with E-state index < -0.39 is 0 Å². The maximum Gasteiger partial charge on any atom is 0.137 e. The van der Waals surface area contributed by atoms with Gasteiger partial charge < -0.3 is 9.84 Å². The van der Waals surface area contributed by atoms with Gasteiger partial charge in [0.2, 0.25) is 0 Å². The minimum Gasteiger partial charge on any atom is -0.508 e. The molecule has 2 aliphatic rings. The quantitative estimate of drug-likeness (QED) is 0.192. The van der Waals surface area contributed by atoms with Crippen LogP contribution in [0.1, 0.15) is 0 Å². The van der Waals surface area contributed by atoms with Gasteiger partial charge >= 0.3 is 0 Å². The number of anilines is 6. The number of para-hydroxylation sites is 2. The molecule has 50 heavy (non-hydrogen) atoms. The Morgan fingerprint density at radius 1 is 0.500 bits per heavy atom. The highest BCUT2D eigenvalue weighted by Gasteiger charge is 2.27. The van der Waals surface area contributed by atoms with E-state index in [0.717, 1.165) is 45.0 Å². The van der Waals surface area contributed by atoms with Crippen molar-refractivity contribution in [1.29, 1.82) is 0 Å². The van der Waals surface area contributed by atoms with Crippen LogP contribution in [0.5, 0.6) is 11.5 Å². The fourth-order valence-electron chi connectivity index (χ4n) is 5.38. The zero-order valence-corrected chi connectivity index (χ0v) is 29.4. The standard InChI is InChI=1S/C18H14N2OS.C17H12N2OS.C5H5N.ClH/c1-21-13-9-10-17-15(12-13)20(18-8-4-5-11-19-18)14-6-2-3-7-16(14)22-17;20-12-8-9-16-14(11-12)19(17-7-3-4-10-18-17)13-5-1-2-6-15(13)21-16;1-2-4-6-5-3-1;/h2-12H,1H3;1-11,20H;1-5H;1H. The first kappa shape index (κ1) is 34.4. The van der Waals surface area contributed by atoms with Crippen molar-refractivity contribution in [3.05, 3.63) is 164 Å². The van der Waals surface area contributed by atoms with Crippen LogP contribution >= 0.6 is 35.9 Å². The lowest BCUT2D eigenvalue weighted by Crippen LogP contribution is -2.15. The number of nitrogens with zero attached hydrogens (tertiary/aromatic N) is 5. The zero-order valence-electron chi connectivity index (χ0n) is 26.9. The average Bonchev–Trinajstić information content (AvgIpc) is 3.17. The lowest BCUT2D eigenvalue weighted by molar-refractivity contribution is 0.414. The van der Waals surface area contributed by atoms with E-state index in [1.54, 1.807) is 61.4 Å². The van der Waals surface area contributed by atoms with Gasteiger partial charge in [0.05, 0.1) is 29.9 Å². The summed E-state index contributed by atoms with van der Waals surface area (Å²) in [5.74, 6) is 2.86. The number of aromatic hydroxyl groups is 1. The molecule has 0 radical (unpaired) electrons. The van der Waals surface area contributed by atoms with E-state index in [1.165, 1.54) is 14.7 Å². The van der Waals surface area contributed by atoms with Crippen molar-refractivity contribution in [2.45, 2.75) is 19.6 Å². The van der Waals surface area contributed by atoms with Crippen LogP contribution < -0.4 is 14.5 Å². The molecule has 0 amide bonds. The van der Waals surface area contributed by atoms with E-state index in [1.807, 2.05) is 85.1 Å². The predicted molar refractivity (Wildman–Crippen MR) is 206 cm³/mol. The molecule has 7 aromatic rings. The molecule has 1 N–H and O–H groups in total. The lowest BCUT2D eigenvalue weighted by Gasteiger charge is -2.32. The Bertz CT molecular complexity index is 2140. The number of pyridine rings is 3. The van der Waals surface area contributed by atoms with E-state index >= 15 is 0 Å². The number of phenolic OH excluding ortho intramolecular Hbond substituents is 1. The Morgan fingerprint density at radius 2 is 0.980 bits per heavy atom. The number of phenols is 1. The molecule has 0 saturated heterocycles. The second-order valence-electron chi connectivity index (χ2n) is 10.7. The minimum absolute atomic E-state index is 0. The Balaban J connectivity index is 0.000000146. The van der Waals surface area contributed by atoms with Gasteiger partial charge in [0.1, 0.15) is 23.1 Å². The maximum atomic E-state index is 9.84. The molecule has 0 fully saturated rings. The van der Waals surface area contributed by atoms with Crippen LogP contribution in [0.15, 0.2) is 184 Å². The monoisotopic (exact) mass is 713 g/mol. The summed E-state index contributed by atoms with van der Waals surface area (Å²) in [6.45, 7) is 0. The number of hydrogen-bond acceptors (Lipinski definition) is 9. The maximum absolute atomic E-state index is 9.84. The number of rotatable bonds is 3. The molecule has 0 saturated carbocycles. The second-order valence-corrected chi connectivity index (χ2v) is 12.9. The SMILES string of the molecule is COc1ccc2c(c1)N(c1ccccn1)c1ccccc1S2.Cl.Oc1ccc2c(c1)N(c1ccccn1)c1ccccc1S2.c1ccncc1. The molecule has 0 unspecified atom stereocenters. The molecular formula is C40H32ClN5O2S2. The number of fused-ring (bicyclic) bond motifs is 4. The molecule has 0 atom stereocenters. The lowest BCUT2D eigenvalue weighted by atomic mass is 10.2. The third kappa shape index (κ3) is 7.55. The number of benzene rings is 4. The summed E-state index contributed by atoms with van der Waals surface area (Å²) in [5.41, 5.74) is 4.28. The van der Waals surface area contributed by atoms with Crippen molar-refractivity contribution < 1.29 is 9.84 Å². The van der Waals surface area contributed by atoms with Crippen LogP contribution in [-0.4, -0.2) is 27.2 Å². The molecule has 4 aromatic carbocycles. The van der Waals surface area contributed by atoms with Gasteiger partial charge in [0.25, 0.3) is 0 Å². The number of hydrogen-bond donors (Lipinski definition) is 1. The van der Waals surface area contributed by atoms with Gasteiger partial charge in [-0.25, -0.2) is 9.97 Å². The summed E-state index contributed by atoms with van der Waals surface area (Å²) < 4.78 is 5.40. The third-order valence-electron chi connectivity index (χ3n) is 7.57. The molecule has 0 spiro atoms. The highest BCUT2D eigenvalue weighted by molar-refractivity contribution is 8.00. The van der Waals surface area contributed by atoms with Crippen molar-refractivity contribution >= 4 is 70.3 Å². The smallest absolute Gasteiger partial charge is 0.137 e. The molecule has 9 rings (SSSR count). The summed E-state index contributed by atoms with van der Waals surface area (Å²) in [5, 5.41) is 9.84. The fraction of sp³-hybridized carbons (Fsp3) is 0.0250. The van der Waals surface area contributed by atoms with Gasteiger partial charge in [0, 0.05) is 56.5 Å². The Hall–Kier alpha value is -5.48. The van der Waals surface area contributed by atoms with Crippen molar-refractivity contribution in [3.8, 4) is 11.5 Å². The van der Waals surface area contributed by atoms with Crippen LogP contribution in [0.4, 0.5) is 34.4 Å². The molecule has 0 aliphatic carbocycles. The van der Waals surface area contributed by atoms with Gasteiger partial charge in [-0.3, -0.25) is 14.8 Å². The average molecular weight is 714 g/mol. The van der Waals surface area contributed by atoms with E-state index in [0.29, 0.717) is 0 Å². The van der Waals surface area contributed by atoms with Crippen LogP contribution in [0.2, 0.25) is 0 Å². The van der Waals surface area contributed by atoms with Gasteiger partial charge in [-0.15, -0.1) is 12.4 Å². The van der Waals surface area contributed by atoms with E-state index in [4.69, 9.17) is 4.74 Å². The molecule has 2 aliphatic heterocycles. The predicted octanol–water partition coefficient (Wildman–Crippen LogP) is 11.2. The Labute approximate surface area is 306 Å². The summed E-state index contributed by atoms with van der Waals surface area (Å²) in [7, 11) is 1.69. The second kappa shape index (κ2) is 16.3. The largest absolute Gasteiger partial charge is 0.508 e. The third-order valence-corrected chi connectivity index (χ3v) is 9.83. The first-order valence-electron chi connectivity index (χ1n) is 15.5. The molecular weight excluding hydrogens is 682 g/mol. The first-order valence-corrected chi connectivity index (χ1v) is 17.1. The van der Waals surface area contributed by atoms with Gasteiger partial charge in [0.15, 0.2) is 0 Å². The molecule has 248 valence electrons. The molecule has 5 heterocycles. The summed E-state index contributed by atoms with van der Waals surface area (Å²) >= 11 is 3.48. The van der Waals surface area contributed by atoms with Crippen LogP contribution in [0.25, 0.3) is 0 Å². The highest BCUT2D eigenvalue weighted by atomic mass is 35.5. The number of aromatic nitrogens is 3. The first-order chi connectivity index (χ1) is 24.2. The number of methoxy groups -OCH3 is 1. The minimum atomic E-state index is 0. The van der Waals surface area contributed by atoms with E-state index in [2.05, 4.69) is 73.3 Å². The summed E-state index contributed by atoms with van der Waals surface area (Å²) in [6, 6.07) is 45.7. The van der Waals surface area contributed by atoms with Gasteiger partial charge in [-0.2, -0.15) is 0 Å². The zero-order chi connectivity index (χ0) is 33.4. The van der Waals surface area contributed by atoms with Crippen LogP contribution in [0, 0.1) is 0 Å². The number of halogens is 1. The molecule has 10 heteroatoms. The molecule has 3 aromatic heterocycles. The Morgan fingerprint density at radius 3 is 1.46 bits per heavy atom. The van der Waals surface area contributed by atoms with Crippen molar-refractivity contribution in [3.63, 3.8) is 0 Å². The van der Waals surface area contributed by atoms with Crippen molar-refractivity contribution in [2.24, 2.45) is 0 Å². The van der Waals surface area contributed by atoms with Crippen LogP contribution in [0.3, 0.4) is 0 Å². The van der Waals surface area contributed by atoms with E-state index in [-0.39, 0.29) is 18.2 Å². The van der Waals surface area contributed by atoms with E-state index in [9.17, 15) is 5.11 Å². The normalized spacial score (nSPS) is 11.8. The Kier molecular flexibility index (Phi) is 11.2.